The Morgan fingerprint density at radius 3 is 2.70 bits per heavy atom. The third kappa shape index (κ3) is 5.07. The monoisotopic (exact) mass is 337 g/mol. The summed E-state index contributed by atoms with van der Waals surface area (Å²) in [5, 5.41) is 3.97. The van der Waals surface area contributed by atoms with Crippen molar-refractivity contribution in [3.63, 3.8) is 0 Å². The molecule has 1 saturated heterocycles. The van der Waals surface area contributed by atoms with Gasteiger partial charge >= 0.3 is 0 Å². The van der Waals surface area contributed by atoms with Crippen molar-refractivity contribution in [2.24, 2.45) is 0 Å². The van der Waals surface area contributed by atoms with Gasteiger partial charge in [-0.3, -0.25) is 4.79 Å². The number of amides is 1. The fraction of sp³-hybridized carbons (Fsp3) is 0.500. The summed E-state index contributed by atoms with van der Waals surface area (Å²) < 4.78 is 5.22. The summed E-state index contributed by atoms with van der Waals surface area (Å²) in [6.07, 6.45) is 0. The first kappa shape index (κ1) is 17.5. The number of piperazine rings is 1. The molecule has 0 spiro atoms. The summed E-state index contributed by atoms with van der Waals surface area (Å²) in [5.41, 5.74) is 0.923. The Hall–Kier alpha value is -1.86. The lowest BCUT2D eigenvalue weighted by Gasteiger charge is -2.33. The number of nitrogens with one attached hydrogen (secondary N) is 2. The molecule has 1 aliphatic heterocycles. The van der Waals surface area contributed by atoms with Crippen molar-refractivity contribution >= 4 is 28.9 Å². The Bertz CT molecular complexity index is 557. The fourth-order valence-corrected chi connectivity index (χ4v) is 2.78. The molecule has 2 rings (SSSR count). The van der Waals surface area contributed by atoms with Gasteiger partial charge in [-0.25, -0.2) is 0 Å². The third-order valence-electron chi connectivity index (χ3n) is 3.98. The number of likely N-dealkylation sites (N-methyl/N-ethyl adjacent to an activating group) is 1. The van der Waals surface area contributed by atoms with Gasteiger partial charge in [0.2, 0.25) is 0 Å². The first-order chi connectivity index (χ1) is 11.0. The Kier molecular flexibility index (Phi) is 6.18. The van der Waals surface area contributed by atoms with E-state index >= 15 is 0 Å². The number of anilines is 1. The average Bonchev–Trinajstić information content (AvgIpc) is 2.55. The van der Waals surface area contributed by atoms with Crippen molar-refractivity contribution in [1.29, 1.82) is 0 Å². The van der Waals surface area contributed by atoms with Crippen LogP contribution in [-0.2, 0) is 4.79 Å². The van der Waals surface area contributed by atoms with E-state index in [0.29, 0.717) is 6.54 Å². The zero-order valence-electron chi connectivity index (χ0n) is 14.0. The van der Waals surface area contributed by atoms with E-state index in [9.17, 15) is 4.79 Å². The van der Waals surface area contributed by atoms with Crippen molar-refractivity contribution in [3.05, 3.63) is 24.3 Å². The molecule has 7 heteroatoms. The summed E-state index contributed by atoms with van der Waals surface area (Å²) in [6.45, 7) is 4.09. The Morgan fingerprint density at radius 1 is 1.39 bits per heavy atom. The average molecular weight is 337 g/mol. The number of hydrogen-bond donors (Lipinski definition) is 2. The largest absolute Gasteiger partial charge is 0.497 e. The molecule has 1 aromatic carbocycles. The maximum Gasteiger partial charge on any atom is 0.277 e. The molecule has 1 aromatic rings. The van der Waals surface area contributed by atoms with Crippen LogP contribution >= 0.6 is 12.2 Å². The maximum atomic E-state index is 11.8. The second kappa shape index (κ2) is 8.12. The highest BCUT2D eigenvalue weighted by Gasteiger charge is 2.24. The number of carbonyl (C=O) groups is 1. The van der Waals surface area contributed by atoms with E-state index in [4.69, 9.17) is 17.0 Å². The van der Waals surface area contributed by atoms with Gasteiger partial charge in [0.1, 0.15) is 5.75 Å². The number of ether oxygens (including phenoxy) is 1. The minimum absolute atomic E-state index is 0.172. The number of hydrogen-bond acceptors (Lipinski definition) is 3. The minimum Gasteiger partial charge on any atom is -0.497 e. The highest BCUT2D eigenvalue weighted by atomic mass is 32.1. The number of quaternary nitrogens is 1. The number of benzene rings is 1. The molecule has 0 aliphatic carbocycles. The van der Waals surface area contributed by atoms with Crippen LogP contribution in [-0.4, -0.2) is 74.7 Å². The predicted molar refractivity (Wildman–Crippen MR) is 95.0 cm³/mol. The van der Waals surface area contributed by atoms with E-state index in [2.05, 4.69) is 10.2 Å². The van der Waals surface area contributed by atoms with E-state index in [1.54, 1.807) is 26.1 Å². The molecular formula is C16H25N4O2S+. The van der Waals surface area contributed by atoms with E-state index in [1.807, 2.05) is 24.3 Å². The van der Waals surface area contributed by atoms with Crippen LogP contribution in [0.1, 0.15) is 0 Å². The SMILES string of the molecule is COc1cccc(NC(=S)N2CC[NH+](CC(=O)N(C)C)CC2)c1. The Labute approximate surface area is 143 Å². The molecule has 126 valence electrons. The topological polar surface area (TPSA) is 49.3 Å². The van der Waals surface area contributed by atoms with Crippen molar-refractivity contribution in [2.45, 2.75) is 0 Å². The van der Waals surface area contributed by atoms with Crippen LogP contribution in [0.15, 0.2) is 24.3 Å². The van der Waals surface area contributed by atoms with Crippen LogP contribution in [0.3, 0.4) is 0 Å². The van der Waals surface area contributed by atoms with Crippen LogP contribution < -0.4 is 15.0 Å². The third-order valence-corrected chi connectivity index (χ3v) is 4.34. The highest BCUT2D eigenvalue weighted by molar-refractivity contribution is 7.80. The van der Waals surface area contributed by atoms with Gasteiger partial charge < -0.3 is 24.8 Å². The van der Waals surface area contributed by atoms with Gasteiger partial charge in [-0.15, -0.1) is 0 Å². The van der Waals surface area contributed by atoms with Gasteiger partial charge in [0.25, 0.3) is 5.91 Å². The summed E-state index contributed by atoms with van der Waals surface area (Å²) in [7, 11) is 5.24. The summed E-state index contributed by atoms with van der Waals surface area (Å²) in [6, 6.07) is 7.71. The summed E-state index contributed by atoms with van der Waals surface area (Å²) >= 11 is 5.49. The standard InChI is InChI=1S/C16H24N4O2S/c1-18(2)15(21)12-19-7-9-20(10-8-19)16(23)17-13-5-4-6-14(11-13)22-3/h4-6,11H,7-10,12H2,1-3H3,(H,17,23)/p+1. The smallest absolute Gasteiger partial charge is 0.277 e. The number of rotatable bonds is 4. The number of nitrogens with zero attached hydrogens (tertiary/aromatic N) is 2. The highest BCUT2D eigenvalue weighted by Crippen LogP contribution is 2.17. The second-order valence-corrected chi connectivity index (χ2v) is 6.25. The van der Waals surface area contributed by atoms with Gasteiger partial charge in [-0.05, 0) is 24.4 Å². The van der Waals surface area contributed by atoms with E-state index in [1.165, 1.54) is 4.90 Å². The summed E-state index contributed by atoms with van der Waals surface area (Å²) in [4.78, 5) is 16.9. The Morgan fingerprint density at radius 2 is 2.09 bits per heavy atom. The van der Waals surface area contributed by atoms with Crippen LogP contribution in [0.4, 0.5) is 5.69 Å². The van der Waals surface area contributed by atoms with Gasteiger partial charge in [-0.1, -0.05) is 6.07 Å². The lowest BCUT2D eigenvalue weighted by molar-refractivity contribution is -0.896. The minimum atomic E-state index is 0.172. The van der Waals surface area contributed by atoms with Gasteiger partial charge in [-0.2, -0.15) is 0 Å². The van der Waals surface area contributed by atoms with E-state index < -0.39 is 0 Å². The van der Waals surface area contributed by atoms with Crippen LogP contribution in [0.25, 0.3) is 0 Å². The van der Waals surface area contributed by atoms with Crippen molar-refractivity contribution < 1.29 is 14.4 Å². The molecule has 1 heterocycles. The van der Waals surface area contributed by atoms with E-state index in [-0.39, 0.29) is 5.91 Å². The Balaban J connectivity index is 1.82. The van der Waals surface area contributed by atoms with Crippen LogP contribution in [0.5, 0.6) is 5.75 Å². The fourth-order valence-electron chi connectivity index (χ4n) is 2.48. The van der Waals surface area contributed by atoms with Crippen molar-refractivity contribution in [3.8, 4) is 5.75 Å². The molecule has 2 N–H and O–H groups in total. The number of carbonyl (C=O) groups excluding carboxylic acids is 1. The number of thiocarbonyl (C=S) groups is 1. The normalized spacial score (nSPS) is 15.2. The number of methoxy groups -OCH3 is 1. The molecule has 0 unspecified atom stereocenters. The van der Waals surface area contributed by atoms with Crippen molar-refractivity contribution in [1.82, 2.24) is 9.80 Å². The zero-order chi connectivity index (χ0) is 16.8. The van der Waals surface area contributed by atoms with Crippen LogP contribution in [0, 0.1) is 0 Å². The molecule has 0 bridgehead atoms. The lowest BCUT2D eigenvalue weighted by Crippen LogP contribution is -3.15. The van der Waals surface area contributed by atoms with Crippen LogP contribution in [0.2, 0.25) is 0 Å². The molecule has 23 heavy (non-hydrogen) atoms. The predicted octanol–water partition coefficient (Wildman–Crippen LogP) is -0.319. The molecule has 0 saturated carbocycles. The van der Waals surface area contributed by atoms with Gasteiger partial charge in [0.15, 0.2) is 11.7 Å². The molecule has 6 nitrogen and oxygen atoms in total. The zero-order valence-corrected chi connectivity index (χ0v) is 14.8. The lowest BCUT2D eigenvalue weighted by atomic mass is 10.3. The molecule has 1 amide bonds. The molecule has 0 radical (unpaired) electrons. The van der Waals surface area contributed by atoms with Gasteiger partial charge in [0, 0.05) is 25.8 Å². The first-order valence-corrected chi connectivity index (χ1v) is 8.14. The molecular weight excluding hydrogens is 312 g/mol. The molecule has 1 aliphatic rings. The van der Waals surface area contributed by atoms with Gasteiger partial charge in [0.05, 0.1) is 33.3 Å². The summed E-state index contributed by atoms with van der Waals surface area (Å²) in [5.74, 6) is 0.972. The molecule has 0 atom stereocenters. The maximum absolute atomic E-state index is 11.8. The quantitative estimate of drug-likeness (QED) is 0.738. The first-order valence-electron chi connectivity index (χ1n) is 7.73. The van der Waals surface area contributed by atoms with Crippen molar-refractivity contribution in [2.75, 3.05) is 59.2 Å². The molecule has 1 fully saturated rings. The molecule has 0 aromatic heterocycles. The second-order valence-electron chi connectivity index (χ2n) is 5.86. The van der Waals surface area contributed by atoms with E-state index in [0.717, 1.165) is 42.7 Å².